The van der Waals surface area contributed by atoms with Crippen molar-refractivity contribution in [3.63, 3.8) is 0 Å². The summed E-state index contributed by atoms with van der Waals surface area (Å²) in [5, 5.41) is 0. The Morgan fingerprint density at radius 2 is 0.739 bits per heavy atom. The fourth-order valence-electron chi connectivity index (χ4n) is 19.0. The van der Waals surface area contributed by atoms with E-state index < -0.39 is 0 Å². The molecule has 0 aromatic carbocycles. The largest absolute Gasteiger partial charge is 0.0808 e. The minimum Gasteiger partial charge on any atom is -0.0808 e. The highest BCUT2D eigenvalue weighted by Crippen LogP contribution is 2.76. The van der Waals surface area contributed by atoms with Gasteiger partial charge in [-0.2, -0.15) is 0 Å². The second-order valence-corrected chi connectivity index (χ2v) is 20.5. The molecule has 0 spiro atoms. The average molecular weight is 621 g/mol. The van der Waals surface area contributed by atoms with E-state index in [1.165, 1.54) is 18.3 Å². The predicted octanol–water partition coefficient (Wildman–Crippen LogP) is 12.2. The van der Waals surface area contributed by atoms with Gasteiger partial charge in [-0.1, -0.05) is 101 Å². The van der Waals surface area contributed by atoms with E-state index in [4.69, 9.17) is 0 Å². The van der Waals surface area contributed by atoms with E-state index in [0.717, 1.165) is 107 Å². The Morgan fingerprint density at radius 1 is 0.261 bits per heavy atom. The summed E-state index contributed by atoms with van der Waals surface area (Å²) in [6, 6.07) is 0. The second kappa shape index (κ2) is 11.5. The van der Waals surface area contributed by atoms with Crippen LogP contribution in [0.25, 0.3) is 0 Å². The topological polar surface area (TPSA) is 0 Å². The smallest absolute Gasteiger partial charge is 0.0164 e. The van der Waals surface area contributed by atoms with Crippen molar-refractivity contribution < 1.29 is 0 Å². The van der Waals surface area contributed by atoms with Crippen LogP contribution in [0.1, 0.15) is 141 Å². The lowest BCUT2D eigenvalue weighted by Crippen LogP contribution is -2.49. The summed E-state index contributed by atoms with van der Waals surface area (Å²) in [5.74, 6) is 22.0. The summed E-state index contributed by atoms with van der Waals surface area (Å²) >= 11 is 0. The fraction of sp³-hybridized carbons (Fsp3) is 0.913. The highest BCUT2D eigenvalue weighted by atomic mass is 14.7. The molecule has 46 heavy (non-hydrogen) atoms. The van der Waals surface area contributed by atoms with Crippen LogP contribution < -0.4 is 0 Å². The maximum atomic E-state index is 2.71. The summed E-state index contributed by atoms with van der Waals surface area (Å²) in [7, 11) is 0. The van der Waals surface area contributed by atoms with Crippen molar-refractivity contribution >= 4 is 0 Å². The summed E-state index contributed by atoms with van der Waals surface area (Å²) in [5.41, 5.74) is 0. The second-order valence-electron chi connectivity index (χ2n) is 20.5. The number of fused-ring (bicyclic) bond motifs is 8. The summed E-state index contributed by atoms with van der Waals surface area (Å²) in [4.78, 5) is 0. The lowest BCUT2D eigenvalue weighted by Gasteiger charge is -2.55. The van der Waals surface area contributed by atoms with E-state index in [1.54, 1.807) is 135 Å². The molecule has 0 aromatic rings. The molecule has 11 aliphatic rings. The number of hydrogen-bond acceptors (Lipinski definition) is 0. The van der Waals surface area contributed by atoms with Gasteiger partial charge in [0.2, 0.25) is 0 Å². The van der Waals surface area contributed by atoms with Gasteiger partial charge in [-0.05, 0) is 183 Å². The molecule has 0 saturated heterocycles. The van der Waals surface area contributed by atoms with Crippen molar-refractivity contribution in [2.24, 2.45) is 118 Å². The lowest BCUT2D eigenvalue weighted by molar-refractivity contribution is -0.0656. The van der Waals surface area contributed by atoms with E-state index >= 15 is 0 Å². The first-order valence-electron chi connectivity index (χ1n) is 22.2. The molecule has 10 fully saturated rings. The quantitative estimate of drug-likeness (QED) is 0.288. The third-order valence-corrected chi connectivity index (χ3v) is 19.7. The third kappa shape index (κ3) is 4.21. The molecular formula is C46H68. The van der Waals surface area contributed by atoms with Gasteiger partial charge >= 0.3 is 0 Å². The number of rotatable bonds is 2. The van der Waals surface area contributed by atoms with E-state index in [-0.39, 0.29) is 0 Å². The molecule has 11 aliphatic carbocycles. The zero-order valence-corrected chi connectivity index (χ0v) is 29.4. The molecule has 19 unspecified atom stereocenters. The molecule has 0 bridgehead atoms. The van der Waals surface area contributed by atoms with Crippen molar-refractivity contribution in [2.75, 3.05) is 0 Å². The molecule has 0 aliphatic heterocycles. The Hall–Kier alpha value is -0.520. The highest BCUT2D eigenvalue weighted by Gasteiger charge is 2.70. The van der Waals surface area contributed by atoms with Crippen LogP contribution in [-0.2, 0) is 0 Å². The minimum absolute atomic E-state index is 0.864. The van der Waals surface area contributed by atoms with Crippen molar-refractivity contribution in [3.8, 4) is 0 Å². The molecular weight excluding hydrogens is 553 g/mol. The fourth-order valence-corrected chi connectivity index (χ4v) is 19.0. The summed E-state index contributed by atoms with van der Waals surface area (Å²) in [6.45, 7) is 0. The first-order valence-corrected chi connectivity index (χ1v) is 22.2. The molecule has 0 heterocycles. The van der Waals surface area contributed by atoms with Gasteiger partial charge in [0, 0.05) is 0 Å². The van der Waals surface area contributed by atoms with E-state index in [1.807, 2.05) is 0 Å². The maximum Gasteiger partial charge on any atom is -0.0164 e. The van der Waals surface area contributed by atoms with Crippen LogP contribution in [0.15, 0.2) is 24.3 Å². The van der Waals surface area contributed by atoms with Crippen LogP contribution in [0, 0.1) is 118 Å². The molecule has 0 amide bonds. The normalized spacial score (nSPS) is 58.7. The van der Waals surface area contributed by atoms with Gasteiger partial charge in [0.15, 0.2) is 0 Å². The lowest BCUT2D eigenvalue weighted by atomic mass is 9.50. The van der Waals surface area contributed by atoms with Crippen LogP contribution >= 0.6 is 0 Å². The summed E-state index contributed by atoms with van der Waals surface area (Å²) < 4.78 is 0. The average Bonchev–Trinajstić information content (AvgIpc) is 3.58. The summed E-state index contributed by atoms with van der Waals surface area (Å²) in [6.07, 6.45) is 45.6. The van der Waals surface area contributed by atoms with Crippen LogP contribution in [0.4, 0.5) is 0 Å². The zero-order chi connectivity index (χ0) is 29.9. The van der Waals surface area contributed by atoms with Crippen molar-refractivity contribution in [1.29, 1.82) is 0 Å². The van der Waals surface area contributed by atoms with Crippen molar-refractivity contribution in [3.05, 3.63) is 24.3 Å². The highest BCUT2D eigenvalue weighted by molar-refractivity contribution is 5.21. The van der Waals surface area contributed by atoms with Crippen molar-refractivity contribution in [2.45, 2.75) is 141 Å². The van der Waals surface area contributed by atoms with E-state index in [2.05, 4.69) is 24.3 Å². The molecule has 19 atom stereocenters. The van der Waals surface area contributed by atoms with Gasteiger partial charge in [-0.3, -0.25) is 0 Å². The van der Waals surface area contributed by atoms with Crippen LogP contribution in [-0.4, -0.2) is 0 Å². The predicted molar refractivity (Wildman–Crippen MR) is 190 cm³/mol. The molecule has 0 nitrogen and oxygen atoms in total. The Kier molecular flexibility index (Phi) is 7.31. The molecule has 0 aromatic heterocycles. The first kappa shape index (κ1) is 29.2. The molecule has 0 heteroatoms. The minimum atomic E-state index is 0.864. The zero-order valence-electron chi connectivity index (χ0n) is 29.4. The molecule has 252 valence electrons. The van der Waals surface area contributed by atoms with E-state index in [0.29, 0.717) is 0 Å². The van der Waals surface area contributed by atoms with Gasteiger partial charge in [0.25, 0.3) is 0 Å². The number of allylic oxidation sites excluding steroid dienone is 4. The Labute approximate surface area is 283 Å². The Bertz CT molecular complexity index is 1190. The first-order chi connectivity index (χ1) is 22.8. The molecule has 0 radical (unpaired) electrons. The van der Waals surface area contributed by atoms with Gasteiger partial charge in [0.05, 0.1) is 0 Å². The third-order valence-electron chi connectivity index (χ3n) is 19.7. The van der Waals surface area contributed by atoms with Crippen LogP contribution in [0.5, 0.6) is 0 Å². The van der Waals surface area contributed by atoms with E-state index in [9.17, 15) is 0 Å². The van der Waals surface area contributed by atoms with Gasteiger partial charge in [-0.15, -0.1) is 0 Å². The van der Waals surface area contributed by atoms with Crippen LogP contribution in [0.3, 0.4) is 0 Å². The molecule has 10 saturated carbocycles. The van der Waals surface area contributed by atoms with Crippen LogP contribution in [0.2, 0.25) is 0 Å². The van der Waals surface area contributed by atoms with Gasteiger partial charge < -0.3 is 0 Å². The molecule has 11 rings (SSSR count). The SMILES string of the molecule is C1=CC2CC(C3CCCCC3)C(C3C4CCCC5C6CCCC7C8CCCCC8C(C76)C6C7CCCCC7CC3C6C54)CC2C=C1. The number of hydrogen-bond donors (Lipinski definition) is 0. The standard InChI is InChI=1S/C46H68/c1-2-12-27(13-3-1)38-24-28-14-4-5-15-29(28)25-39(38)41-37-23-11-22-36-35-21-10-20-33-32-18-8-9-19-34(32)45(42(33)35)44-31-17-7-6-16-30(31)26-40(41)46(44)43(36)37/h4-5,14-15,27-46H,1-3,6-13,16-26H2. The monoisotopic (exact) mass is 621 g/mol. The van der Waals surface area contributed by atoms with Gasteiger partial charge in [0.1, 0.15) is 0 Å². The Balaban J connectivity index is 1.05. The van der Waals surface area contributed by atoms with Gasteiger partial charge in [-0.25, -0.2) is 0 Å². The molecule has 0 N–H and O–H groups in total. The van der Waals surface area contributed by atoms with Crippen molar-refractivity contribution in [1.82, 2.24) is 0 Å². The maximum absolute atomic E-state index is 2.71. The Morgan fingerprint density at radius 3 is 1.50 bits per heavy atom.